The van der Waals surface area contributed by atoms with E-state index in [2.05, 4.69) is 21.0 Å². The summed E-state index contributed by atoms with van der Waals surface area (Å²) in [6, 6.07) is 0.564. The molecule has 3 N–H and O–H groups in total. The molecule has 3 amide bonds. The number of carbonyl (C=O) groups is 2. The van der Waals surface area contributed by atoms with Gasteiger partial charge in [0.2, 0.25) is 5.91 Å². The van der Waals surface area contributed by atoms with Crippen molar-refractivity contribution in [3.8, 4) is 0 Å². The lowest BCUT2D eigenvalue weighted by Gasteiger charge is -2.14. The summed E-state index contributed by atoms with van der Waals surface area (Å²) in [7, 11) is 1.74. The molecule has 9 heteroatoms. The topological polar surface area (TPSA) is 88.1 Å². The van der Waals surface area contributed by atoms with Crippen molar-refractivity contribution in [1.82, 2.24) is 15.1 Å². The van der Waals surface area contributed by atoms with Gasteiger partial charge in [-0.25, -0.2) is 13.6 Å². The van der Waals surface area contributed by atoms with Gasteiger partial charge in [0.05, 0.1) is 23.6 Å². The van der Waals surface area contributed by atoms with E-state index in [0.29, 0.717) is 6.07 Å². The van der Waals surface area contributed by atoms with E-state index in [1.165, 1.54) is 6.92 Å². The lowest BCUT2D eigenvalue weighted by atomic mass is 10.2. The van der Waals surface area contributed by atoms with Crippen LogP contribution in [0.4, 0.5) is 25.0 Å². The Morgan fingerprint density at radius 2 is 1.79 bits per heavy atom. The van der Waals surface area contributed by atoms with E-state index in [1.807, 2.05) is 0 Å². The van der Waals surface area contributed by atoms with Gasteiger partial charge in [-0.15, -0.1) is 0 Å². The van der Waals surface area contributed by atoms with Crippen molar-refractivity contribution < 1.29 is 18.4 Å². The second-order valence-electron chi connectivity index (χ2n) is 5.26. The van der Waals surface area contributed by atoms with Gasteiger partial charge in [0.1, 0.15) is 11.6 Å². The molecule has 1 aromatic heterocycles. The Morgan fingerprint density at radius 1 is 1.17 bits per heavy atom. The number of aryl methyl sites for hydroxylation is 1. The molecular formula is C15H17F2N5O2. The molecular weight excluding hydrogens is 320 g/mol. The van der Waals surface area contributed by atoms with Crippen LogP contribution in [-0.4, -0.2) is 21.7 Å². The molecule has 1 heterocycles. The van der Waals surface area contributed by atoms with Crippen molar-refractivity contribution in [2.24, 2.45) is 7.05 Å². The fourth-order valence-corrected chi connectivity index (χ4v) is 2.03. The first-order chi connectivity index (χ1) is 11.3. The second kappa shape index (κ2) is 7.07. The molecule has 1 atom stereocenters. The predicted molar refractivity (Wildman–Crippen MR) is 84.4 cm³/mol. The summed E-state index contributed by atoms with van der Waals surface area (Å²) >= 11 is 0. The van der Waals surface area contributed by atoms with Crippen molar-refractivity contribution in [2.75, 3.05) is 10.6 Å². The third-order valence-corrected chi connectivity index (χ3v) is 3.19. The Hall–Kier alpha value is -2.97. The zero-order chi connectivity index (χ0) is 17.9. The maximum atomic E-state index is 13.8. The van der Waals surface area contributed by atoms with Crippen LogP contribution < -0.4 is 16.0 Å². The van der Waals surface area contributed by atoms with Gasteiger partial charge in [0.25, 0.3) is 0 Å². The van der Waals surface area contributed by atoms with Crippen LogP contribution in [0.2, 0.25) is 0 Å². The van der Waals surface area contributed by atoms with Crippen LogP contribution in [0.5, 0.6) is 0 Å². The van der Waals surface area contributed by atoms with E-state index in [0.717, 1.165) is 11.6 Å². The van der Waals surface area contributed by atoms with Gasteiger partial charge in [0.15, 0.2) is 0 Å². The van der Waals surface area contributed by atoms with E-state index in [1.54, 1.807) is 31.0 Å². The van der Waals surface area contributed by atoms with Crippen LogP contribution in [-0.2, 0) is 11.8 Å². The van der Waals surface area contributed by atoms with E-state index >= 15 is 0 Å². The molecule has 7 nitrogen and oxygen atoms in total. The molecule has 0 bridgehead atoms. The number of urea groups is 1. The van der Waals surface area contributed by atoms with Crippen molar-refractivity contribution >= 4 is 23.3 Å². The Balaban J connectivity index is 2.09. The van der Waals surface area contributed by atoms with Crippen LogP contribution in [0.25, 0.3) is 0 Å². The molecule has 0 spiro atoms. The smallest absolute Gasteiger partial charge is 0.319 e. The third kappa shape index (κ3) is 4.28. The highest BCUT2D eigenvalue weighted by Crippen LogP contribution is 2.23. The Bertz CT molecular complexity index is 775. The van der Waals surface area contributed by atoms with Crippen LogP contribution >= 0.6 is 0 Å². The molecule has 0 aliphatic rings. The van der Waals surface area contributed by atoms with Gasteiger partial charge >= 0.3 is 6.03 Å². The van der Waals surface area contributed by atoms with Crippen molar-refractivity contribution in [3.63, 3.8) is 0 Å². The fourth-order valence-electron chi connectivity index (χ4n) is 2.03. The highest BCUT2D eigenvalue weighted by Gasteiger charge is 2.15. The SMILES string of the molecule is CC(=O)Nc1cc(NC(=O)N[C@@H](C)c2cnn(C)c2)c(F)cc1F. The molecule has 0 aliphatic carbocycles. The lowest BCUT2D eigenvalue weighted by Crippen LogP contribution is -2.31. The standard InChI is InChI=1S/C15H17F2N5O2/c1-8(10-6-18-22(3)7-10)19-15(24)21-14-5-13(20-9(2)23)11(16)4-12(14)17/h4-8H,1-3H3,(H,20,23)(H2,19,21,24)/t8-/m0/s1. The van der Waals surface area contributed by atoms with E-state index in [-0.39, 0.29) is 17.4 Å². The minimum Gasteiger partial charge on any atom is -0.331 e. The number of hydrogen-bond donors (Lipinski definition) is 3. The molecule has 0 saturated heterocycles. The number of halogens is 2. The first kappa shape index (κ1) is 17.4. The molecule has 0 aliphatic heterocycles. The van der Waals surface area contributed by atoms with Gasteiger partial charge < -0.3 is 16.0 Å². The van der Waals surface area contributed by atoms with Crippen LogP contribution in [0.15, 0.2) is 24.5 Å². The normalized spacial score (nSPS) is 11.7. The summed E-state index contributed by atoms with van der Waals surface area (Å²) in [6.07, 6.45) is 3.33. The third-order valence-electron chi connectivity index (χ3n) is 3.19. The minimum atomic E-state index is -0.953. The van der Waals surface area contributed by atoms with Gasteiger partial charge in [0, 0.05) is 31.8 Å². The molecule has 0 saturated carbocycles. The summed E-state index contributed by atoms with van der Waals surface area (Å²) in [4.78, 5) is 23.0. The highest BCUT2D eigenvalue weighted by atomic mass is 19.1. The number of rotatable bonds is 4. The zero-order valence-electron chi connectivity index (χ0n) is 13.4. The molecule has 0 unspecified atom stereocenters. The maximum absolute atomic E-state index is 13.8. The first-order valence-corrected chi connectivity index (χ1v) is 7.09. The Labute approximate surface area is 137 Å². The number of anilines is 2. The van der Waals surface area contributed by atoms with Crippen molar-refractivity contribution in [3.05, 3.63) is 41.7 Å². The lowest BCUT2D eigenvalue weighted by molar-refractivity contribution is -0.114. The Kier molecular flexibility index (Phi) is 5.12. The van der Waals surface area contributed by atoms with Gasteiger partial charge in [-0.2, -0.15) is 5.10 Å². The average molecular weight is 337 g/mol. The van der Waals surface area contributed by atoms with Gasteiger partial charge in [-0.05, 0) is 13.0 Å². The fraction of sp³-hybridized carbons (Fsp3) is 0.267. The number of aromatic nitrogens is 2. The summed E-state index contributed by atoms with van der Waals surface area (Å²) in [5.41, 5.74) is 0.293. The zero-order valence-corrected chi connectivity index (χ0v) is 13.4. The number of hydrogen-bond acceptors (Lipinski definition) is 3. The first-order valence-electron chi connectivity index (χ1n) is 7.09. The monoisotopic (exact) mass is 337 g/mol. The average Bonchev–Trinajstić information content (AvgIpc) is 2.90. The maximum Gasteiger partial charge on any atom is 0.319 e. The highest BCUT2D eigenvalue weighted by molar-refractivity contribution is 5.93. The molecule has 24 heavy (non-hydrogen) atoms. The Morgan fingerprint density at radius 3 is 2.33 bits per heavy atom. The van der Waals surface area contributed by atoms with Gasteiger partial charge in [-0.1, -0.05) is 0 Å². The summed E-state index contributed by atoms with van der Waals surface area (Å²) in [5, 5.41) is 11.1. The largest absolute Gasteiger partial charge is 0.331 e. The quantitative estimate of drug-likeness (QED) is 0.801. The van der Waals surface area contributed by atoms with Crippen LogP contribution in [0, 0.1) is 11.6 Å². The van der Waals surface area contributed by atoms with Crippen LogP contribution in [0.1, 0.15) is 25.5 Å². The molecule has 1 aromatic carbocycles. The molecule has 2 rings (SSSR count). The number of nitrogens with zero attached hydrogens (tertiary/aromatic N) is 2. The van der Waals surface area contributed by atoms with E-state index < -0.39 is 23.6 Å². The van der Waals surface area contributed by atoms with Crippen molar-refractivity contribution in [2.45, 2.75) is 19.9 Å². The number of benzene rings is 1. The predicted octanol–water partition coefficient (Wildman–Crippen LogP) is 2.54. The summed E-state index contributed by atoms with van der Waals surface area (Å²) in [5.74, 6) is -2.40. The van der Waals surface area contributed by atoms with Crippen molar-refractivity contribution in [1.29, 1.82) is 0 Å². The van der Waals surface area contributed by atoms with Crippen LogP contribution in [0.3, 0.4) is 0 Å². The van der Waals surface area contributed by atoms with Gasteiger partial charge in [-0.3, -0.25) is 9.48 Å². The number of amides is 3. The minimum absolute atomic E-state index is 0.223. The summed E-state index contributed by atoms with van der Waals surface area (Å²) in [6.45, 7) is 2.93. The molecule has 0 radical (unpaired) electrons. The van der Waals surface area contributed by atoms with E-state index in [4.69, 9.17) is 0 Å². The van der Waals surface area contributed by atoms with E-state index in [9.17, 15) is 18.4 Å². The number of nitrogens with one attached hydrogen (secondary N) is 3. The molecule has 128 valence electrons. The summed E-state index contributed by atoms with van der Waals surface area (Å²) < 4.78 is 28.9. The molecule has 0 fully saturated rings. The second-order valence-corrected chi connectivity index (χ2v) is 5.26. The number of carbonyl (C=O) groups excluding carboxylic acids is 2. The molecule has 2 aromatic rings.